The fraction of sp³-hybridized carbons (Fsp3) is 0.667. The Bertz CT molecular complexity index is 573. The lowest BCUT2D eigenvalue weighted by Gasteiger charge is -2.41. The molecule has 1 fully saturated rings. The van der Waals surface area contributed by atoms with Gasteiger partial charge in [-0.15, -0.1) is 0 Å². The van der Waals surface area contributed by atoms with Crippen molar-refractivity contribution < 1.29 is 4.79 Å². The summed E-state index contributed by atoms with van der Waals surface area (Å²) in [5.41, 5.74) is 4.15. The number of amides is 1. The van der Waals surface area contributed by atoms with Crippen LogP contribution in [0.1, 0.15) is 62.6 Å². The summed E-state index contributed by atoms with van der Waals surface area (Å²) in [4.78, 5) is 14.9. The van der Waals surface area contributed by atoms with E-state index in [0.29, 0.717) is 6.42 Å². The van der Waals surface area contributed by atoms with Crippen LogP contribution in [0.4, 0.5) is 0 Å². The van der Waals surface area contributed by atoms with Crippen molar-refractivity contribution in [2.45, 2.75) is 70.8 Å². The van der Waals surface area contributed by atoms with E-state index in [9.17, 15) is 4.79 Å². The molecule has 1 N–H and O–H groups in total. The van der Waals surface area contributed by atoms with Gasteiger partial charge in [-0.3, -0.25) is 9.69 Å². The van der Waals surface area contributed by atoms with Crippen LogP contribution < -0.4 is 5.32 Å². The van der Waals surface area contributed by atoms with E-state index in [0.717, 1.165) is 25.2 Å². The van der Waals surface area contributed by atoms with Crippen molar-refractivity contribution >= 4 is 5.91 Å². The van der Waals surface area contributed by atoms with Gasteiger partial charge in [0.1, 0.15) is 0 Å². The highest BCUT2D eigenvalue weighted by molar-refractivity contribution is 5.78. The molecule has 1 aliphatic carbocycles. The Hall–Kier alpha value is -1.35. The van der Waals surface area contributed by atoms with Crippen molar-refractivity contribution in [3.05, 3.63) is 34.9 Å². The number of hydrogen-bond acceptors (Lipinski definition) is 2. The van der Waals surface area contributed by atoms with Crippen molar-refractivity contribution in [1.29, 1.82) is 0 Å². The number of carbonyl (C=O) groups is 1. The normalized spacial score (nSPS) is 18.9. The lowest BCUT2D eigenvalue weighted by atomic mass is 9.90. The molecule has 24 heavy (non-hydrogen) atoms. The Morgan fingerprint density at radius 3 is 2.50 bits per heavy atom. The van der Waals surface area contributed by atoms with E-state index < -0.39 is 0 Å². The molecule has 0 radical (unpaired) electrons. The van der Waals surface area contributed by atoms with E-state index in [1.165, 1.54) is 56.1 Å². The van der Waals surface area contributed by atoms with Gasteiger partial charge in [-0.2, -0.15) is 0 Å². The first-order valence-electron chi connectivity index (χ1n) is 9.67. The Labute approximate surface area is 146 Å². The monoisotopic (exact) mass is 328 g/mol. The lowest BCUT2D eigenvalue weighted by Crippen LogP contribution is -2.53. The molecule has 1 aromatic carbocycles. The van der Waals surface area contributed by atoms with Gasteiger partial charge in [0.25, 0.3) is 0 Å². The molecular formula is C21H32N2O. The maximum atomic E-state index is 12.4. The van der Waals surface area contributed by atoms with Crippen LogP contribution in [0.5, 0.6) is 0 Å². The number of carbonyl (C=O) groups excluding carboxylic acids is 1. The smallest absolute Gasteiger partial charge is 0.224 e. The molecule has 1 aromatic rings. The standard InChI is InChI=1S/C21H32N2O/c1-21(2,23-12-6-3-7-13-23)16-22-20(24)15-17-10-11-18-8-4-5-9-19(18)14-17/h10-11,14H,3-9,12-13,15-16H2,1-2H3,(H,22,24). The Morgan fingerprint density at radius 2 is 1.75 bits per heavy atom. The average molecular weight is 329 g/mol. The van der Waals surface area contributed by atoms with Crippen LogP contribution in [-0.4, -0.2) is 36.0 Å². The summed E-state index contributed by atoms with van der Waals surface area (Å²) >= 11 is 0. The number of aryl methyl sites for hydroxylation is 2. The predicted octanol–water partition coefficient (Wildman–Crippen LogP) is 3.49. The lowest BCUT2D eigenvalue weighted by molar-refractivity contribution is -0.121. The van der Waals surface area contributed by atoms with Crippen molar-refractivity contribution in [2.75, 3.05) is 19.6 Å². The first-order chi connectivity index (χ1) is 11.5. The van der Waals surface area contributed by atoms with Gasteiger partial charge < -0.3 is 5.32 Å². The third-order valence-electron chi connectivity index (χ3n) is 5.71. The summed E-state index contributed by atoms with van der Waals surface area (Å²) in [5.74, 6) is 0.149. The van der Waals surface area contributed by atoms with Crippen LogP contribution in [0, 0.1) is 0 Å². The molecule has 1 saturated heterocycles. The first-order valence-corrected chi connectivity index (χ1v) is 9.67. The van der Waals surface area contributed by atoms with E-state index in [4.69, 9.17) is 0 Å². The molecule has 3 heteroatoms. The maximum absolute atomic E-state index is 12.4. The van der Waals surface area contributed by atoms with Gasteiger partial charge in [0, 0.05) is 12.1 Å². The zero-order chi connectivity index (χ0) is 17.0. The van der Waals surface area contributed by atoms with Gasteiger partial charge in [-0.1, -0.05) is 24.6 Å². The fourth-order valence-corrected chi connectivity index (χ4v) is 4.07. The van der Waals surface area contributed by atoms with Crippen molar-refractivity contribution in [3.8, 4) is 0 Å². The highest BCUT2D eigenvalue weighted by atomic mass is 16.1. The number of nitrogens with zero attached hydrogens (tertiary/aromatic N) is 1. The average Bonchev–Trinajstić information content (AvgIpc) is 2.61. The summed E-state index contributed by atoms with van der Waals surface area (Å²) in [6.07, 6.45) is 9.38. The number of likely N-dealkylation sites (tertiary alicyclic amines) is 1. The molecule has 3 nitrogen and oxygen atoms in total. The molecule has 132 valence electrons. The van der Waals surface area contributed by atoms with Crippen LogP contribution in [0.15, 0.2) is 18.2 Å². The number of fused-ring (bicyclic) bond motifs is 1. The Morgan fingerprint density at radius 1 is 1.04 bits per heavy atom. The number of hydrogen-bond donors (Lipinski definition) is 1. The second kappa shape index (κ2) is 7.69. The van der Waals surface area contributed by atoms with Crippen molar-refractivity contribution in [2.24, 2.45) is 0 Å². The van der Waals surface area contributed by atoms with E-state index in [1.54, 1.807) is 0 Å². The summed E-state index contributed by atoms with van der Waals surface area (Å²) in [5, 5.41) is 3.17. The first kappa shape index (κ1) is 17.5. The molecule has 0 bridgehead atoms. The molecule has 1 heterocycles. The molecule has 0 saturated carbocycles. The van der Waals surface area contributed by atoms with Gasteiger partial charge in [-0.25, -0.2) is 0 Å². The highest BCUT2D eigenvalue weighted by Crippen LogP contribution is 2.23. The number of benzene rings is 1. The largest absolute Gasteiger partial charge is 0.354 e. The number of piperidine rings is 1. The van der Waals surface area contributed by atoms with Gasteiger partial charge >= 0.3 is 0 Å². The molecular weight excluding hydrogens is 296 g/mol. The van der Waals surface area contributed by atoms with Crippen LogP contribution in [0.3, 0.4) is 0 Å². The molecule has 0 atom stereocenters. The third-order valence-corrected chi connectivity index (χ3v) is 5.71. The molecule has 2 aliphatic rings. The minimum atomic E-state index is 0.0476. The van der Waals surface area contributed by atoms with Crippen LogP contribution >= 0.6 is 0 Å². The quantitative estimate of drug-likeness (QED) is 0.897. The molecule has 3 rings (SSSR count). The molecule has 0 unspecified atom stereocenters. The van der Waals surface area contributed by atoms with E-state index in [-0.39, 0.29) is 11.4 Å². The van der Waals surface area contributed by atoms with Crippen LogP contribution in [0.2, 0.25) is 0 Å². The zero-order valence-electron chi connectivity index (χ0n) is 15.4. The second-order valence-corrected chi connectivity index (χ2v) is 8.12. The summed E-state index contributed by atoms with van der Waals surface area (Å²) in [6, 6.07) is 6.62. The van der Waals surface area contributed by atoms with Crippen molar-refractivity contribution in [1.82, 2.24) is 10.2 Å². The number of nitrogens with one attached hydrogen (secondary N) is 1. The fourth-order valence-electron chi connectivity index (χ4n) is 4.07. The van der Waals surface area contributed by atoms with Crippen LogP contribution in [0.25, 0.3) is 0 Å². The third kappa shape index (κ3) is 4.38. The van der Waals surface area contributed by atoms with E-state index in [1.807, 2.05) is 0 Å². The van der Waals surface area contributed by atoms with Crippen LogP contribution in [-0.2, 0) is 24.1 Å². The van der Waals surface area contributed by atoms with E-state index >= 15 is 0 Å². The van der Waals surface area contributed by atoms with Crippen molar-refractivity contribution in [3.63, 3.8) is 0 Å². The minimum absolute atomic E-state index is 0.0476. The Kier molecular flexibility index (Phi) is 5.60. The summed E-state index contributed by atoms with van der Waals surface area (Å²) in [7, 11) is 0. The maximum Gasteiger partial charge on any atom is 0.224 e. The SMILES string of the molecule is CC(C)(CNC(=O)Cc1ccc2c(c1)CCCC2)N1CCCCC1. The highest BCUT2D eigenvalue weighted by Gasteiger charge is 2.28. The van der Waals surface area contributed by atoms with Gasteiger partial charge in [-0.05, 0) is 82.2 Å². The topological polar surface area (TPSA) is 32.3 Å². The van der Waals surface area contributed by atoms with Gasteiger partial charge in [0.2, 0.25) is 5.91 Å². The molecule has 0 spiro atoms. The summed E-state index contributed by atoms with van der Waals surface area (Å²) < 4.78 is 0. The minimum Gasteiger partial charge on any atom is -0.354 e. The number of rotatable bonds is 5. The zero-order valence-corrected chi connectivity index (χ0v) is 15.4. The van der Waals surface area contributed by atoms with Gasteiger partial charge in [0.15, 0.2) is 0 Å². The summed E-state index contributed by atoms with van der Waals surface area (Å²) in [6.45, 7) is 7.55. The predicted molar refractivity (Wildman–Crippen MR) is 99.3 cm³/mol. The molecule has 1 amide bonds. The second-order valence-electron chi connectivity index (χ2n) is 8.12. The molecule has 0 aromatic heterocycles. The molecule has 1 aliphatic heterocycles. The Balaban J connectivity index is 1.52. The van der Waals surface area contributed by atoms with Gasteiger partial charge in [0.05, 0.1) is 6.42 Å². The van der Waals surface area contributed by atoms with E-state index in [2.05, 4.69) is 42.3 Å².